The highest BCUT2D eigenvalue weighted by Crippen LogP contribution is 2.35. The van der Waals surface area contributed by atoms with E-state index < -0.39 is 0 Å². The van der Waals surface area contributed by atoms with Gasteiger partial charge in [0.15, 0.2) is 11.5 Å². The van der Waals surface area contributed by atoms with Gasteiger partial charge in [-0.1, -0.05) is 30.3 Å². The molecule has 1 aliphatic rings. The molecule has 1 heterocycles. The SMILES string of the molecule is COc1cc2c(cc1O)[C@H](Cc1ccccc1)NCC2. The Kier molecular flexibility index (Phi) is 3.61. The van der Waals surface area contributed by atoms with Crippen LogP contribution >= 0.6 is 0 Å². The van der Waals surface area contributed by atoms with Crippen molar-refractivity contribution in [2.75, 3.05) is 13.7 Å². The first-order chi connectivity index (χ1) is 9.78. The summed E-state index contributed by atoms with van der Waals surface area (Å²) in [7, 11) is 1.59. The first kappa shape index (κ1) is 13.0. The van der Waals surface area contributed by atoms with Crippen molar-refractivity contribution >= 4 is 0 Å². The minimum atomic E-state index is 0.216. The minimum absolute atomic E-state index is 0.216. The number of aromatic hydroxyl groups is 1. The fourth-order valence-electron chi connectivity index (χ4n) is 2.85. The number of phenolic OH excluding ortho intramolecular Hbond substituents is 1. The van der Waals surface area contributed by atoms with Gasteiger partial charge in [0.1, 0.15) is 0 Å². The average molecular weight is 269 g/mol. The Morgan fingerprint density at radius 2 is 2.05 bits per heavy atom. The molecule has 0 unspecified atom stereocenters. The first-order valence-electron chi connectivity index (χ1n) is 6.95. The fraction of sp³-hybridized carbons (Fsp3) is 0.294. The Morgan fingerprint density at radius 1 is 1.25 bits per heavy atom. The Hall–Kier alpha value is -2.00. The van der Waals surface area contributed by atoms with Crippen LogP contribution in [0.2, 0.25) is 0 Å². The fourth-order valence-corrected chi connectivity index (χ4v) is 2.85. The van der Waals surface area contributed by atoms with Gasteiger partial charge in [0.05, 0.1) is 7.11 Å². The van der Waals surface area contributed by atoms with Crippen molar-refractivity contribution in [2.24, 2.45) is 0 Å². The van der Waals surface area contributed by atoms with Crippen molar-refractivity contribution < 1.29 is 9.84 Å². The van der Waals surface area contributed by atoms with E-state index in [0.717, 1.165) is 19.4 Å². The summed E-state index contributed by atoms with van der Waals surface area (Å²) in [5, 5.41) is 13.5. The van der Waals surface area contributed by atoms with Crippen LogP contribution in [0.5, 0.6) is 11.5 Å². The largest absolute Gasteiger partial charge is 0.504 e. The van der Waals surface area contributed by atoms with Gasteiger partial charge < -0.3 is 15.2 Å². The second kappa shape index (κ2) is 5.55. The standard InChI is InChI=1S/C17H19NO2/c1-20-17-10-13-7-8-18-15(14(13)11-16(17)19)9-12-5-3-2-4-6-12/h2-6,10-11,15,18-19H,7-9H2,1H3/t15-/m0/s1. The first-order valence-corrected chi connectivity index (χ1v) is 6.95. The van der Waals surface area contributed by atoms with Crippen molar-refractivity contribution in [1.29, 1.82) is 0 Å². The van der Waals surface area contributed by atoms with Crippen LogP contribution in [-0.4, -0.2) is 18.8 Å². The Balaban J connectivity index is 1.91. The Labute approximate surface area is 119 Å². The smallest absolute Gasteiger partial charge is 0.160 e. The maximum Gasteiger partial charge on any atom is 0.160 e. The summed E-state index contributed by atoms with van der Waals surface area (Å²) in [4.78, 5) is 0. The molecule has 0 aromatic heterocycles. The lowest BCUT2D eigenvalue weighted by molar-refractivity contribution is 0.370. The Morgan fingerprint density at radius 3 is 2.80 bits per heavy atom. The number of fused-ring (bicyclic) bond motifs is 1. The molecule has 20 heavy (non-hydrogen) atoms. The summed E-state index contributed by atoms with van der Waals surface area (Å²) in [6.45, 7) is 0.957. The lowest BCUT2D eigenvalue weighted by Gasteiger charge is -2.28. The van der Waals surface area contributed by atoms with Gasteiger partial charge in [0, 0.05) is 6.04 Å². The predicted molar refractivity (Wildman–Crippen MR) is 79.3 cm³/mol. The van der Waals surface area contributed by atoms with Gasteiger partial charge in [-0.15, -0.1) is 0 Å². The molecule has 2 N–H and O–H groups in total. The molecule has 0 saturated heterocycles. The highest BCUT2D eigenvalue weighted by molar-refractivity contribution is 5.49. The van der Waals surface area contributed by atoms with Crippen molar-refractivity contribution in [3.05, 3.63) is 59.2 Å². The van der Waals surface area contributed by atoms with Crippen molar-refractivity contribution in [1.82, 2.24) is 5.32 Å². The molecule has 0 saturated carbocycles. The van der Waals surface area contributed by atoms with Crippen LogP contribution in [0.3, 0.4) is 0 Å². The summed E-state index contributed by atoms with van der Waals surface area (Å²) >= 11 is 0. The monoisotopic (exact) mass is 269 g/mol. The normalized spacial score (nSPS) is 17.6. The average Bonchev–Trinajstić information content (AvgIpc) is 2.48. The third kappa shape index (κ3) is 2.49. The topological polar surface area (TPSA) is 41.5 Å². The summed E-state index contributed by atoms with van der Waals surface area (Å²) in [5.74, 6) is 0.775. The molecule has 2 aromatic carbocycles. The van der Waals surface area contributed by atoms with Crippen LogP contribution in [0.1, 0.15) is 22.7 Å². The zero-order chi connectivity index (χ0) is 13.9. The zero-order valence-electron chi connectivity index (χ0n) is 11.6. The van der Waals surface area contributed by atoms with Gasteiger partial charge in [0.25, 0.3) is 0 Å². The van der Waals surface area contributed by atoms with E-state index in [-0.39, 0.29) is 11.8 Å². The number of benzene rings is 2. The number of rotatable bonds is 3. The van der Waals surface area contributed by atoms with Crippen LogP contribution in [0.25, 0.3) is 0 Å². The highest BCUT2D eigenvalue weighted by Gasteiger charge is 2.22. The summed E-state index contributed by atoms with van der Waals surface area (Å²) in [6.07, 6.45) is 1.90. The van der Waals surface area contributed by atoms with E-state index >= 15 is 0 Å². The van der Waals surface area contributed by atoms with Crippen LogP contribution in [0, 0.1) is 0 Å². The number of nitrogens with one attached hydrogen (secondary N) is 1. The molecule has 3 rings (SSSR count). The lowest BCUT2D eigenvalue weighted by atomic mass is 9.90. The van der Waals surface area contributed by atoms with Gasteiger partial charge in [-0.2, -0.15) is 0 Å². The maximum absolute atomic E-state index is 10.00. The molecular weight excluding hydrogens is 250 g/mol. The van der Waals surface area contributed by atoms with E-state index in [0.29, 0.717) is 5.75 Å². The van der Waals surface area contributed by atoms with Gasteiger partial charge >= 0.3 is 0 Å². The van der Waals surface area contributed by atoms with Gasteiger partial charge in [-0.05, 0) is 48.2 Å². The summed E-state index contributed by atoms with van der Waals surface area (Å²) < 4.78 is 5.19. The molecule has 104 valence electrons. The molecular formula is C17H19NO2. The number of hydrogen-bond acceptors (Lipinski definition) is 3. The molecule has 0 amide bonds. The quantitative estimate of drug-likeness (QED) is 0.900. The minimum Gasteiger partial charge on any atom is -0.504 e. The van der Waals surface area contributed by atoms with Crippen LogP contribution in [-0.2, 0) is 12.8 Å². The number of hydrogen-bond donors (Lipinski definition) is 2. The zero-order valence-corrected chi connectivity index (χ0v) is 11.6. The number of phenols is 1. The van der Waals surface area contributed by atoms with Gasteiger partial charge in [0.2, 0.25) is 0 Å². The molecule has 2 aromatic rings. The van der Waals surface area contributed by atoms with Crippen molar-refractivity contribution in [2.45, 2.75) is 18.9 Å². The Bertz CT molecular complexity index is 595. The van der Waals surface area contributed by atoms with Crippen LogP contribution in [0.4, 0.5) is 0 Å². The number of methoxy groups -OCH3 is 1. The van der Waals surface area contributed by atoms with E-state index in [1.165, 1.54) is 16.7 Å². The molecule has 0 bridgehead atoms. The highest BCUT2D eigenvalue weighted by atomic mass is 16.5. The molecule has 0 spiro atoms. The third-order valence-corrected chi connectivity index (χ3v) is 3.88. The van der Waals surface area contributed by atoms with E-state index in [9.17, 15) is 5.11 Å². The van der Waals surface area contributed by atoms with Crippen molar-refractivity contribution in [3.8, 4) is 11.5 Å². The van der Waals surface area contributed by atoms with E-state index in [1.54, 1.807) is 7.11 Å². The lowest BCUT2D eigenvalue weighted by Crippen LogP contribution is -2.31. The predicted octanol–water partition coefficient (Wildman–Crippen LogP) is 2.83. The third-order valence-electron chi connectivity index (χ3n) is 3.88. The van der Waals surface area contributed by atoms with Crippen LogP contribution < -0.4 is 10.1 Å². The molecule has 3 heteroatoms. The van der Waals surface area contributed by atoms with Gasteiger partial charge in [-0.25, -0.2) is 0 Å². The molecule has 0 aliphatic carbocycles. The summed E-state index contributed by atoms with van der Waals surface area (Å²) in [5.41, 5.74) is 3.74. The van der Waals surface area contributed by atoms with E-state index in [4.69, 9.17) is 4.74 Å². The van der Waals surface area contributed by atoms with Gasteiger partial charge in [-0.3, -0.25) is 0 Å². The second-order valence-electron chi connectivity index (χ2n) is 5.17. The second-order valence-corrected chi connectivity index (χ2v) is 5.17. The molecule has 3 nitrogen and oxygen atoms in total. The molecule has 1 aliphatic heterocycles. The molecule has 0 radical (unpaired) electrons. The molecule has 1 atom stereocenters. The maximum atomic E-state index is 10.00. The molecule has 0 fully saturated rings. The van der Waals surface area contributed by atoms with Crippen LogP contribution in [0.15, 0.2) is 42.5 Å². The van der Waals surface area contributed by atoms with E-state index in [2.05, 4.69) is 29.6 Å². The van der Waals surface area contributed by atoms with Crippen molar-refractivity contribution in [3.63, 3.8) is 0 Å². The summed E-state index contributed by atoms with van der Waals surface area (Å²) in [6, 6.07) is 14.5. The number of ether oxygens (including phenoxy) is 1. The van der Waals surface area contributed by atoms with E-state index in [1.807, 2.05) is 18.2 Å².